The fourth-order valence-corrected chi connectivity index (χ4v) is 3.78. The SMILES string of the molecule is CN(C(=O)c1ccc(C(F)(F)F)c(F)c1F)c1cc(-c2ccccc2)sc1C(=O)O. The van der Waals surface area contributed by atoms with Crippen molar-refractivity contribution in [1.82, 2.24) is 0 Å². The average molecular weight is 441 g/mol. The molecule has 0 unspecified atom stereocenters. The Bertz CT molecular complexity index is 1130. The molecule has 0 aliphatic heterocycles. The number of carbonyl (C=O) groups is 2. The number of alkyl halides is 3. The van der Waals surface area contributed by atoms with Crippen LogP contribution in [0.25, 0.3) is 10.4 Å². The van der Waals surface area contributed by atoms with E-state index in [1.807, 2.05) is 0 Å². The van der Waals surface area contributed by atoms with Crippen LogP contribution in [0.15, 0.2) is 48.5 Å². The first-order chi connectivity index (χ1) is 14.0. The number of hydrogen-bond donors (Lipinski definition) is 1. The molecule has 0 bridgehead atoms. The van der Waals surface area contributed by atoms with Crippen molar-refractivity contribution in [1.29, 1.82) is 0 Å². The van der Waals surface area contributed by atoms with Gasteiger partial charge in [0.25, 0.3) is 5.91 Å². The molecule has 0 atom stereocenters. The van der Waals surface area contributed by atoms with Crippen molar-refractivity contribution in [2.75, 3.05) is 11.9 Å². The molecule has 3 aromatic rings. The van der Waals surface area contributed by atoms with Crippen molar-refractivity contribution in [3.63, 3.8) is 0 Å². The quantitative estimate of drug-likeness (QED) is 0.530. The maximum absolute atomic E-state index is 14.2. The lowest BCUT2D eigenvalue weighted by Gasteiger charge is -2.18. The van der Waals surface area contributed by atoms with E-state index >= 15 is 0 Å². The predicted octanol–water partition coefficient (Wildman–Crippen LogP) is 5.69. The smallest absolute Gasteiger partial charge is 0.419 e. The summed E-state index contributed by atoms with van der Waals surface area (Å²) in [6.45, 7) is 0. The van der Waals surface area contributed by atoms with Gasteiger partial charge in [0, 0.05) is 11.9 Å². The molecule has 0 aliphatic carbocycles. The van der Waals surface area contributed by atoms with Gasteiger partial charge in [-0.1, -0.05) is 30.3 Å². The minimum absolute atomic E-state index is 0.101. The second-order valence-electron chi connectivity index (χ2n) is 6.15. The highest BCUT2D eigenvalue weighted by molar-refractivity contribution is 7.18. The number of hydrogen-bond acceptors (Lipinski definition) is 3. The van der Waals surface area contributed by atoms with Gasteiger partial charge in [0.15, 0.2) is 11.6 Å². The summed E-state index contributed by atoms with van der Waals surface area (Å²) in [5.74, 6) is -6.71. The van der Waals surface area contributed by atoms with Gasteiger partial charge in [0.2, 0.25) is 0 Å². The Morgan fingerprint density at radius 1 is 1.00 bits per heavy atom. The number of amides is 1. The molecule has 156 valence electrons. The van der Waals surface area contributed by atoms with Gasteiger partial charge in [-0.3, -0.25) is 4.79 Å². The van der Waals surface area contributed by atoms with Crippen LogP contribution in [-0.2, 0) is 6.18 Å². The van der Waals surface area contributed by atoms with Crippen molar-refractivity contribution < 1.29 is 36.6 Å². The van der Waals surface area contributed by atoms with Crippen molar-refractivity contribution in [3.8, 4) is 10.4 Å². The zero-order valence-electron chi connectivity index (χ0n) is 15.1. The van der Waals surface area contributed by atoms with Gasteiger partial charge in [-0.2, -0.15) is 13.2 Å². The number of anilines is 1. The Morgan fingerprint density at radius 2 is 1.63 bits per heavy atom. The fourth-order valence-electron chi connectivity index (χ4n) is 2.75. The number of nitrogens with zero attached hydrogens (tertiary/aromatic N) is 1. The molecule has 1 aromatic heterocycles. The first-order valence-corrected chi connectivity index (χ1v) is 9.09. The van der Waals surface area contributed by atoms with Gasteiger partial charge in [-0.25, -0.2) is 13.6 Å². The molecule has 2 aromatic carbocycles. The maximum atomic E-state index is 14.2. The number of benzene rings is 2. The second kappa shape index (κ2) is 7.86. The number of thiophene rings is 1. The van der Waals surface area contributed by atoms with Gasteiger partial charge in [-0.05, 0) is 23.8 Å². The molecule has 0 radical (unpaired) electrons. The summed E-state index contributed by atoms with van der Waals surface area (Å²) in [6, 6.07) is 10.8. The molecule has 0 fully saturated rings. The fraction of sp³-hybridized carbons (Fsp3) is 0.100. The van der Waals surface area contributed by atoms with Crippen molar-refractivity contribution in [2.24, 2.45) is 0 Å². The second-order valence-corrected chi connectivity index (χ2v) is 7.20. The van der Waals surface area contributed by atoms with E-state index in [4.69, 9.17) is 0 Å². The van der Waals surface area contributed by atoms with Crippen LogP contribution in [0.1, 0.15) is 25.6 Å². The van der Waals surface area contributed by atoms with Gasteiger partial charge in [0.05, 0.1) is 16.8 Å². The molecule has 1 heterocycles. The van der Waals surface area contributed by atoms with Crippen LogP contribution < -0.4 is 4.90 Å². The monoisotopic (exact) mass is 441 g/mol. The summed E-state index contributed by atoms with van der Waals surface area (Å²) < 4.78 is 66.2. The third-order valence-corrected chi connectivity index (χ3v) is 5.41. The van der Waals surface area contributed by atoms with Gasteiger partial charge in [-0.15, -0.1) is 11.3 Å². The van der Waals surface area contributed by atoms with Gasteiger partial charge < -0.3 is 10.0 Å². The molecule has 0 saturated carbocycles. The summed E-state index contributed by atoms with van der Waals surface area (Å²) in [5, 5.41) is 9.47. The Morgan fingerprint density at radius 3 is 2.20 bits per heavy atom. The van der Waals surface area contributed by atoms with Crippen LogP contribution in [0.2, 0.25) is 0 Å². The molecule has 0 aliphatic rings. The third kappa shape index (κ3) is 3.90. The van der Waals surface area contributed by atoms with Crippen molar-refractivity contribution in [2.45, 2.75) is 6.18 Å². The first kappa shape index (κ1) is 21.4. The highest BCUT2D eigenvalue weighted by Crippen LogP contribution is 2.38. The Balaban J connectivity index is 2.04. The summed E-state index contributed by atoms with van der Waals surface area (Å²) in [7, 11) is 1.13. The summed E-state index contributed by atoms with van der Waals surface area (Å²) in [5.41, 5.74) is -2.22. The standard InChI is InChI=1S/C20H12F5NO3S/c1-26(18(27)11-7-8-12(20(23,24)25)16(22)15(11)21)13-9-14(30-17(13)19(28)29)10-5-3-2-4-6-10/h2-9H,1H3,(H,28,29). The molecular weight excluding hydrogens is 429 g/mol. The predicted molar refractivity (Wildman–Crippen MR) is 101 cm³/mol. The third-order valence-electron chi connectivity index (χ3n) is 4.25. The van der Waals surface area contributed by atoms with Crippen molar-refractivity contribution in [3.05, 3.63) is 76.2 Å². The Kier molecular flexibility index (Phi) is 5.62. The molecule has 1 amide bonds. The van der Waals surface area contributed by atoms with E-state index in [0.29, 0.717) is 16.5 Å². The van der Waals surface area contributed by atoms with E-state index in [0.717, 1.165) is 23.3 Å². The van der Waals surface area contributed by atoms with Crippen LogP contribution >= 0.6 is 11.3 Å². The zero-order chi connectivity index (χ0) is 22.2. The highest BCUT2D eigenvalue weighted by atomic mass is 32.1. The minimum Gasteiger partial charge on any atom is -0.477 e. The molecule has 1 N–H and O–H groups in total. The lowest BCUT2D eigenvalue weighted by atomic mass is 10.1. The number of carboxylic acid groups (broad SMARTS) is 1. The first-order valence-electron chi connectivity index (χ1n) is 8.28. The van der Waals surface area contributed by atoms with E-state index in [-0.39, 0.29) is 16.6 Å². The molecular formula is C20H12F5NO3S. The largest absolute Gasteiger partial charge is 0.477 e. The van der Waals surface area contributed by atoms with Crippen molar-refractivity contribution >= 4 is 28.9 Å². The van der Waals surface area contributed by atoms with Crippen LogP contribution in [0.4, 0.5) is 27.6 Å². The topological polar surface area (TPSA) is 57.6 Å². The van der Waals surface area contributed by atoms with Crippen LogP contribution in [0.3, 0.4) is 0 Å². The lowest BCUT2D eigenvalue weighted by molar-refractivity contribution is -0.140. The molecule has 10 heteroatoms. The maximum Gasteiger partial charge on any atom is 0.419 e. The Hall–Kier alpha value is -3.27. The zero-order valence-corrected chi connectivity index (χ0v) is 15.9. The number of carbonyl (C=O) groups excluding carboxylic acids is 1. The lowest BCUT2D eigenvalue weighted by Crippen LogP contribution is -2.28. The minimum atomic E-state index is -5.13. The van der Waals surface area contributed by atoms with Crippen LogP contribution in [-0.4, -0.2) is 24.0 Å². The van der Waals surface area contributed by atoms with Crippen LogP contribution in [0.5, 0.6) is 0 Å². The number of aromatic carboxylic acids is 1. The van der Waals surface area contributed by atoms with E-state index < -0.39 is 40.8 Å². The molecule has 30 heavy (non-hydrogen) atoms. The number of halogens is 5. The van der Waals surface area contributed by atoms with Crippen LogP contribution in [0, 0.1) is 11.6 Å². The highest BCUT2D eigenvalue weighted by Gasteiger charge is 2.37. The van der Waals surface area contributed by atoms with E-state index in [2.05, 4.69) is 0 Å². The molecule has 4 nitrogen and oxygen atoms in total. The molecule has 3 rings (SSSR count). The molecule has 0 saturated heterocycles. The average Bonchev–Trinajstić information content (AvgIpc) is 3.14. The van der Waals surface area contributed by atoms with E-state index in [9.17, 15) is 36.6 Å². The number of rotatable bonds is 4. The summed E-state index contributed by atoms with van der Waals surface area (Å²) in [6.07, 6.45) is -5.13. The molecule has 0 spiro atoms. The van der Waals surface area contributed by atoms with E-state index in [1.165, 1.54) is 6.07 Å². The van der Waals surface area contributed by atoms with E-state index in [1.54, 1.807) is 30.3 Å². The van der Waals surface area contributed by atoms with Gasteiger partial charge >= 0.3 is 12.1 Å². The summed E-state index contributed by atoms with van der Waals surface area (Å²) in [4.78, 5) is 25.3. The van der Waals surface area contributed by atoms with Gasteiger partial charge in [0.1, 0.15) is 4.88 Å². The summed E-state index contributed by atoms with van der Waals surface area (Å²) >= 11 is 0.865. The number of carboxylic acids is 1. The normalized spacial score (nSPS) is 11.4. The Labute approximate surface area is 170 Å².